The zero-order chi connectivity index (χ0) is 31.1. The molecule has 1 amide bonds. The summed E-state index contributed by atoms with van der Waals surface area (Å²) < 4.78 is 69.2. The lowest BCUT2D eigenvalue weighted by Crippen LogP contribution is -2.42. The monoisotopic (exact) mass is 623 g/mol. The van der Waals surface area contributed by atoms with Crippen LogP contribution in [0.4, 0.5) is 22.0 Å². The molecule has 12 heteroatoms. The molecule has 0 spiro atoms. The third-order valence-corrected chi connectivity index (χ3v) is 9.31. The van der Waals surface area contributed by atoms with Gasteiger partial charge in [0.2, 0.25) is 5.91 Å². The highest BCUT2D eigenvalue weighted by Gasteiger charge is 2.44. The van der Waals surface area contributed by atoms with Crippen LogP contribution in [0.3, 0.4) is 0 Å². The molecule has 43 heavy (non-hydrogen) atoms. The van der Waals surface area contributed by atoms with Gasteiger partial charge in [0.05, 0.1) is 12.1 Å². The SMILES string of the molecule is Cc1nc(C2CCN(C(=O)[C@@H]3CC(N(C)CCC(F)(F)F)C[C@H]3c3ccc(F)cc3F)CC2)n(-c2ccc(Cl)c(C)c2)n1. The van der Waals surface area contributed by atoms with Crippen molar-refractivity contribution in [3.8, 4) is 5.69 Å². The predicted octanol–water partition coefficient (Wildman–Crippen LogP) is 6.97. The molecule has 1 unspecified atom stereocenters. The fraction of sp³-hybridized carbons (Fsp3) is 0.516. The van der Waals surface area contributed by atoms with Crippen molar-refractivity contribution in [1.29, 1.82) is 0 Å². The van der Waals surface area contributed by atoms with E-state index in [9.17, 15) is 26.7 Å². The summed E-state index contributed by atoms with van der Waals surface area (Å²) in [5.74, 6) is -1.31. The van der Waals surface area contributed by atoms with Crippen LogP contribution in [0.2, 0.25) is 5.02 Å². The number of carbonyl (C=O) groups excluding carboxylic acids is 1. The van der Waals surface area contributed by atoms with Gasteiger partial charge in [0.25, 0.3) is 0 Å². The predicted molar refractivity (Wildman–Crippen MR) is 153 cm³/mol. The first-order valence-corrected chi connectivity index (χ1v) is 14.9. The first-order valence-electron chi connectivity index (χ1n) is 14.5. The molecule has 2 aliphatic rings. The molecular weight excluding hydrogens is 589 g/mol. The fourth-order valence-corrected chi connectivity index (χ4v) is 6.63. The summed E-state index contributed by atoms with van der Waals surface area (Å²) in [6, 6.07) is 8.64. The van der Waals surface area contributed by atoms with Gasteiger partial charge >= 0.3 is 6.18 Å². The van der Waals surface area contributed by atoms with E-state index in [2.05, 4.69) is 5.10 Å². The van der Waals surface area contributed by atoms with Gasteiger partial charge in [-0.1, -0.05) is 17.7 Å². The van der Waals surface area contributed by atoms with Gasteiger partial charge in [-0.15, -0.1) is 0 Å². The van der Waals surface area contributed by atoms with Crippen LogP contribution < -0.4 is 0 Å². The van der Waals surface area contributed by atoms with Crippen LogP contribution in [-0.2, 0) is 4.79 Å². The van der Waals surface area contributed by atoms with E-state index in [1.165, 1.54) is 6.07 Å². The third kappa shape index (κ3) is 7.03. The van der Waals surface area contributed by atoms with E-state index < -0.39 is 36.1 Å². The molecule has 6 nitrogen and oxygen atoms in total. The molecule has 2 fully saturated rings. The van der Waals surface area contributed by atoms with Crippen molar-refractivity contribution in [2.45, 2.75) is 70.0 Å². The highest BCUT2D eigenvalue weighted by Crippen LogP contribution is 2.44. The molecule has 1 aliphatic carbocycles. The Morgan fingerprint density at radius 2 is 1.79 bits per heavy atom. The summed E-state index contributed by atoms with van der Waals surface area (Å²) in [5.41, 5.74) is 2.00. The van der Waals surface area contributed by atoms with E-state index in [0.717, 1.165) is 29.2 Å². The molecule has 3 aromatic rings. The van der Waals surface area contributed by atoms with Gasteiger partial charge < -0.3 is 9.80 Å². The second-order valence-corrected chi connectivity index (χ2v) is 12.2. The Morgan fingerprint density at radius 1 is 1.07 bits per heavy atom. The Labute approximate surface area is 252 Å². The molecular formula is C31H35ClF5N5O. The number of amides is 1. The van der Waals surface area contributed by atoms with Crippen LogP contribution in [0.25, 0.3) is 5.69 Å². The minimum Gasteiger partial charge on any atom is -0.342 e. The van der Waals surface area contributed by atoms with Crippen molar-refractivity contribution in [3.05, 3.63) is 75.8 Å². The van der Waals surface area contributed by atoms with Crippen LogP contribution in [0.15, 0.2) is 36.4 Å². The maximum absolute atomic E-state index is 14.9. The maximum Gasteiger partial charge on any atom is 0.390 e. The number of aromatic nitrogens is 3. The molecule has 0 N–H and O–H groups in total. The number of aryl methyl sites for hydroxylation is 2. The molecule has 3 atom stereocenters. The molecule has 232 valence electrons. The molecule has 1 aliphatic heterocycles. The number of likely N-dealkylation sites (tertiary alicyclic amines) is 1. The van der Waals surface area contributed by atoms with Gasteiger partial charge in [0.15, 0.2) is 0 Å². The van der Waals surface area contributed by atoms with Crippen molar-refractivity contribution in [2.24, 2.45) is 5.92 Å². The van der Waals surface area contributed by atoms with Gasteiger partial charge in [-0.05, 0) is 87.9 Å². The highest BCUT2D eigenvalue weighted by molar-refractivity contribution is 6.31. The van der Waals surface area contributed by atoms with Gasteiger partial charge in [-0.25, -0.2) is 18.4 Å². The summed E-state index contributed by atoms with van der Waals surface area (Å²) in [7, 11) is 1.60. The van der Waals surface area contributed by atoms with Crippen molar-refractivity contribution in [3.63, 3.8) is 0 Å². The standard InChI is InChI=1S/C31H35ClF5N5O/c1-18-14-22(5-7-27(18)32)42-29(38-19(2)39-42)20-8-11-41(12-9-20)30(43)26-17-23(40(3)13-10-31(35,36)37)16-25(26)24-6-4-21(33)15-28(24)34/h4-7,14-15,20,23,25-26H,8-13,16-17H2,1-3H3/t23?,25-,26+/m0/s1. The smallest absolute Gasteiger partial charge is 0.342 e. The number of hydrogen-bond donors (Lipinski definition) is 0. The topological polar surface area (TPSA) is 54.3 Å². The van der Waals surface area contributed by atoms with E-state index >= 15 is 0 Å². The zero-order valence-electron chi connectivity index (χ0n) is 24.3. The Hall–Kier alpha value is -3.05. The van der Waals surface area contributed by atoms with Crippen molar-refractivity contribution < 1.29 is 26.7 Å². The van der Waals surface area contributed by atoms with E-state index in [-0.39, 0.29) is 30.0 Å². The second-order valence-electron chi connectivity index (χ2n) is 11.8. The summed E-state index contributed by atoms with van der Waals surface area (Å²) in [6.07, 6.45) is -3.36. The van der Waals surface area contributed by atoms with Crippen molar-refractivity contribution in [1.82, 2.24) is 24.6 Å². The Bertz CT molecular complexity index is 1470. The van der Waals surface area contributed by atoms with E-state index in [4.69, 9.17) is 16.6 Å². The summed E-state index contributed by atoms with van der Waals surface area (Å²) >= 11 is 6.22. The normalized spacial score (nSPS) is 21.6. The minimum absolute atomic E-state index is 0.0522. The summed E-state index contributed by atoms with van der Waals surface area (Å²) in [6.45, 7) is 4.45. The molecule has 2 heterocycles. The molecule has 0 bridgehead atoms. The van der Waals surface area contributed by atoms with Gasteiger partial charge in [-0.2, -0.15) is 18.3 Å². The Balaban J connectivity index is 1.32. The number of piperidine rings is 1. The number of nitrogens with zero attached hydrogens (tertiary/aromatic N) is 5. The minimum atomic E-state index is -4.30. The average molecular weight is 624 g/mol. The lowest BCUT2D eigenvalue weighted by Gasteiger charge is -2.34. The lowest BCUT2D eigenvalue weighted by molar-refractivity contribution is -0.139. The average Bonchev–Trinajstić information content (AvgIpc) is 3.57. The fourth-order valence-electron chi connectivity index (χ4n) is 6.51. The first-order chi connectivity index (χ1) is 20.3. The number of alkyl halides is 3. The number of carbonyl (C=O) groups is 1. The largest absolute Gasteiger partial charge is 0.390 e. The van der Waals surface area contributed by atoms with Crippen LogP contribution in [-0.4, -0.2) is 69.4 Å². The van der Waals surface area contributed by atoms with Gasteiger partial charge in [0.1, 0.15) is 23.3 Å². The third-order valence-electron chi connectivity index (χ3n) is 8.88. The van der Waals surface area contributed by atoms with Gasteiger partial charge in [-0.3, -0.25) is 4.79 Å². The van der Waals surface area contributed by atoms with E-state index in [1.807, 2.05) is 36.7 Å². The van der Waals surface area contributed by atoms with Crippen molar-refractivity contribution in [2.75, 3.05) is 26.7 Å². The number of halogens is 6. The number of rotatable bonds is 7. The molecule has 1 saturated heterocycles. The summed E-state index contributed by atoms with van der Waals surface area (Å²) in [5, 5.41) is 5.26. The first kappa shape index (κ1) is 31.4. The Kier molecular flexibility index (Phi) is 9.13. The van der Waals surface area contributed by atoms with Crippen LogP contribution in [0.5, 0.6) is 0 Å². The number of hydrogen-bond acceptors (Lipinski definition) is 4. The second kappa shape index (κ2) is 12.5. The molecule has 0 radical (unpaired) electrons. The van der Waals surface area contributed by atoms with E-state index in [0.29, 0.717) is 49.6 Å². The van der Waals surface area contributed by atoms with Gasteiger partial charge in [0, 0.05) is 48.6 Å². The molecule has 1 saturated carbocycles. The van der Waals surface area contributed by atoms with Crippen LogP contribution in [0.1, 0.15) is 66.7 Å². The Morgan fingerprint density at radius 3 is 2.44 bits per heavy atom. The van der Waals surface area contributed by atoms with Crippen molar-refractivity contribution >= 4 is 17.5 Å². The summed E-state index contributed by atoms with van der Waals surface area (Å²) in [4.78, 5) is 22.0. The van der Waals surface area contributed by atoms with Crippen LogP contribution in [0, 0.1) is 31.4 Å². The van der Waals surface area contributed by atoms with Crippen LogP contribution >= 0.6 is 11.6 Å². The van der Waals surface area contributed by atoms with E-state index in [1.54, 1.807) is 16.8 Å². The quantitative estimate of drug-likeness (QED) is 0.267. The molecule has 5 rings (SSSR count). The molecule has 2 aromatic carbocycles. The lowest BCUT2D eigenvalue weighted by atomic mass is 9.86. The highest BCUT2D eigenvalue weighted by atomic mass is 35.5. The maximum atomic E-state index is 14.9. The number of benzene rings is 2. The zero-order valence-corrected chi connectivity index (χ0v) is 25.1. The molecule has 1 aromatic heterocycles.